The van der Waals surface area contributed by atoms with Crippen molar-refractivity contribution in [3.05, 3.63) is 0 Å². The first-order valence-corrected chi connectivity index (χ1v) is 0. The van der Waals surface area contributed by atoms with Crippen LogP contribution in [-0.4, -0.2) is 0 Å². The molecule has 1 radical (unpaired) electrons. The van der Waals surface area contributed by atoms with Crippen LogP contribution < -0.4 is 76.2 Å². The SMILES string of the molecule is [Cl-].[Cl-].[Cu+2].[K+]. The third kappa shape index (κ3) is 8.83. The molecule has 0 unspecified atom stereocenters. The van der Waals surface area contributed by atoms with Gasteiger partial charge in [-0.1, -0.05) is 0 Å². The Morgan fingerprint density at radius 1 is 0.750 bits per heavy atom. The van der Waals surface area contributed by atoms with E-state index in [4.69, 9.17) is 0 Å². The molecule has 0 aromatic carbocycles. The van der Waals surface area contributed by atoms with E-state index in [-0.39, 0.29) is 93.3 Å². The first kappa shape index (κ1) is 29.6. The van der Waals surface area contributed by atoms with Gasteiger partial charge >= 0.3 is 68.5 Å². The summed E-state index contributed by atoms with van der Waals surface area (Å²) in [7, 11) is 0. The van der Waals surface area contributed by atoms with Gasteiger partial charge < -0.3 is 24.8 Å². The van der Waals surface area contributed by atoms with Crippen LogP contribution in [0.25, 0.3) is 0 Å². The van der Waals surface area contributed by atoms with Crippen molar-refractivity contribution in [3.63, 3.8) is 0 Å². The number of hydrogen-bond donors (Lipinski definition) is 0. The molecule has 0 aliphatic heterocycles. The van der Waals surface area contributed by atoms with Crippen molar-refractivity contribution in [3.8, 4) is 0 Å². The topological polar surface area (TPSA) is 0 Å². The van der Waals surface area contributed by atoms with Crippen molar-refractivity contribution in [2.24, 2.45) is 0 Å². The number of halogens is 2. The van der Waals surface area contributed by atoms with Crippen molar-refractivity contribution in [1.82, 2.24) is 0 Å². The molecule has 0 heterocycles. The maximum absolute atomic E-state index is 0. The first-order chi connectivity index (χ1) is 0. The Bertz CT molecular complexity index is 6.00. The quantitative estimate of drug-likeness (QED) is 0.319. The molecule has 0 saturated carbocycles. The van der Waals surface area contributed by atoms with Crippen LogP contribution in [0.1, 0.15) is 0 Å². The van der Waals surface area contributed by atoms with Gasteiger partial charge in [0.15, 0.2) is 0 Å². The maximum Gasteiger partial charge on any atom is 2.00 e. The van der Waals surface area contributed by atoms with Gasteiger partial charge in [0, 0.05) is 0 Å². The van der Waals surface area contributed by atoms with Crippen LogP contribution in [0.3, 0.4) is 0 Å². The van der Waals surface area contributed by atoms with Crippen molar-refractivity contribution < 1.29 is 93.3 Å². The minimum absolute atomic E-state index is 0. The molecular formula is Cl2CuK+. The van der Waals surface area contributed by atoms with E-state index in [1.54, 1.807) is 0 Å². The largest absolute Gasteiger partial charge is 2.00 e. The molecular weight excluding hydrogens is 174 g/mol. The Hall–Kier alpha value is 2.74. The second-order valence-electron chi connectivity index (χ2n) is 0. The second-order valence-corrected chi connectivity index (χ2v) is 0. The molecule has 0 aromatic heterocycles. The molecule has 0 bridgehead atoms. The van der Waals surface area contributed by atoms with E-state index in [0.717, 1.165) is 0 Å². The molecule has 0 N–H and O–H groups in total. The van der Waals surface area contributed by atoms with Gasteiger partial charge in [0.1, 0.15) is 0 Å². The Morgan fingerprint density at radius 3 is 0.750 bits per heavy atom. The summed E-state index contributed by atoms with van der Waals surface area (Å²) in [4.78, 5) is 0. The fourth-order valence-corrected chi connectivity index (χ4v) is 0. The van der Waals surface area contributed by atoms with Gasteiger partial charge in [-0.25, -0.2) is 0 Å². The van der Waals surface area contributed by atoms with Crippen LogP contribution in [0.4, 0.5) is 0 Å². The molecule has 4 heteroatoms. The van der Waals surface area contributed by atoms with Crippen LogP contribution in [0, 0.1) is 0 Å². The predicted octanol–water partition coefficient (Wildman–Crippen LogP) is -8.99. The summed E-state index contributed by atoms with van der Waals surface area (Å²) in [5.41, 5.74) is 0. The summed E-state index contributed by atoms with van der Waals surface area (Å²) in [6, 6.07) is 0. The van der Waals surface area contributed by atoms with Gasteiger partial charge in [0.05, 0.1) is 0 Å². The van der Waals surface area contributed by atoms with Crippen molar-refractivity contribution >= 4 is 0 Å². The van der Waals surface area contributed by atoms with E-state index in [1.807, 2.05) is 0 Å². The van der Waals surface area contributed by atoms with Crippen LogP contribution >= 0.6 is 0 Å². The third-order valence-corrected chi connectivity index (χ3v) is 0. The smallest absolute Gasteiger partial charge is 1.00 e. The zero-order valence-electron chi connectivity index (χ0n) is 2.06. The van der Waals surface area contributed by atoms with Gasteiger partial charge in [-0.3, -0.25) is 0 Å². The maximum atomic E-state index is 0. The third-order valence-electron chi connectivity index (χ3n) is 0. The summed E-state index contributed by atoms with van der Waals surface area (Å²) in [6.07, 6.45) is 0. The normalized spacial score (nSPS) is 0. The minimum Gasteiger partial charge on any atom is -1.00 e. The van der Waals surface area contributed by atoms with Gasteiger partial charge in [-0.05, 0) is 0 Å². The van der Waals surface area contributed by atoms with Crippen LogP contribution in [-0.2, 0) is 17.1 Å². The molecule has 0 aromatic rings. The standard InChI is InChI=1S/2ClH.Cu.K/h2*1H;;/q;;+2;+1/p-2. The van der Waals surface area contributed by atoms with E-state index < -0.39 is 0 Å². The molecule has 0 rings (SSSR count). The molecule has 0 amide bonds. The molecule has 0 fully saturated rings. The van der Waals surface area contributed by atoms with E-state index in [9.17, 15) is 0 Å². The summed E-state index contributed by atoms with van der Waals surface area (Å²) in [6.45, 7) is 0. The summed E-state index contributed by atoms with van der Waals surface area (Å²) in [5, 5.41) is 0. The van der Waals surface area contributed by atoms with E-state index in [2.05, 4.69) is 0 Å². The van der Waals surface area contributed by atoms with Crippen LogP contribution in [0.15, 0.2) is 0 Å². The molecule has 0 atom stereocenters. The zero-order chi connectivity index (χ0) is 0. The van der Waals surface area contributed by atoms with Gasteiger partial charge in [0.25, 0.3) is 0 Å². The molecule has 4 heavy (non-hydrogen) atoms. The Balaban J connectivity index is 0. The van der Waals surface area contributed by atoms with Gasteiger partial charge in [-0.2, -0.15) is 0 Å². The molecule has 0 spiro atoms. The number of hydrogen-bond acceptors (Lipinski definition) is 0. The van der Waals surface area contributed by atoms with Gasteiger partial charge in [-0.15, -0.1) is 0 Å². The van der Waals surface area contributed by atoms with E-state index >= 15 is 0 Å². The second kappa shape index (κ2) is 17.2. The molecule has 0 aliphatic carbocycles. The molecule has 0 saturated heterocycles. The van der Waals surface area contributed by atoms with Crippen LogP contribution in [0.2, 0.25) is 0 Å². The summed E-state index contributed by atoms with van der Waals surface area (Å²) in [5.74, 6) is 0. The van der Waals surface area contributed by atoms with E-state index in [0.29, 0.717) is 0 Å². The summed E-state index contributed by atoms with van der Waals surface area (Å²) < 4.78 is 0. The molecule has 0 nitrogen and oxygen atoms in total. The van der Waals surface area contributed by atoms with E-state index in [1.165, 1.54) is 0 Å². The Morgan fingerprint density at radius 2 is 0.750 bits per heavy atom. The minimum atomic E-state index is 0. The van der Waals surface area contributed by atoms with Crippen molar-refractivity contribution in [2.75, 3.05) is 0 Å². The monoisotopic (exact) mass is 172 g/mol. The fourth-order valence-electron chi connectivity index (χ4n) is 0. The average Bonchev–Trinajstić information content (AvgIpc) is 0. The number of rotatable bonds is 0. The van der Waals surface area contributed by atoms with Crippen molar-refractivity contribution in [2.45, 2.75) is 0 Å². The average molecular weight is 174 g/mol. The predicted molar refractivity (Wildman–Crippen MR) is 0 cm³/mol. The van der Waals surface area contributed by atoms with Crippen molar-refractivity contribution in [1.29, 1.82) is 0 Å². The summed E-state index contributed by atoms with van der Waals surface area (Å²) >= 11 is 0. The first-order valence-electron chi connectivity index (χ1n) is 0. The molecule has 25 valence electrons. The molecule has 0 aliphatic rings. The zero-order valence-corrected chi connectivity index (χ0v) is 7.63. The fraction of sp³-hybridized carbons (Fsp3) is 0. The Labute approximate surface area is 91.2 Å². The Kier molecular flexibility index (Phi) is 127. The van der Waals surface area contributed by atoms with Crippen LogP contribution in [0.5, 0.6) is 0 Å². The van der Waals surface area contributed by atoms with Gasteiger partial charge in [0.2, 0.25) is 0 Å².